The highest BCUT2D eigenvalue weighted by atomic mass is 32.2. The first-order valence-corrected chi connectivity index (χ1v) is 8.90. The van der Waals surface area contributed by atoms with Gasteiger partial charge in [0.1, 0.15) is 0 Å². The monoisotopic (exact) mass is 313 g/mol. The number of thioether (sulfide) groups is 1. The largest absolute Gasteiger partial charge is 0.305 e. The van der Waals surface area contributed by atoms with Crippen molar-refractivity contribution in [3.8, 4) is 0 Å². The lowest BCUT2D eigenvalue weighted by atomic mass is 10.0. The molecule has 2 unspecified atom stereocenters. The first-order valence-electron chi connectivity index (χ1n) is 7.68. The zero-order valence-electron chi connectivity index (χ0n) is 12.6. The number of benzene rings is 1. The van der Waals surface area contributed by atoms with Gasteiger partial charge < -0.3 is 5.32 Å². The maximum atomic E-state index is 4.80. The third kappa shape index (κ3) is 2.57. The quantitative estimate of drug-likeness (QED) is 0.882. The van der Waals surface area contributed by atoms with Gasteiger partial charge in [0, 0.05) is 24.2 Å². The summed E-state index contributed by atoms with van der Waals surface area (Å²) in [5.41, 5.74) is 2.58. The van der Waals surface area contributed by atoms with Crippen LogP contribution in [0.2, 0.25) is 0 Å². The molecule has 1 aromatic carbocycles. The second-order valence-corrected chi connectivity index (χ2v) is 6.58. The van der Waals surface area contributed by atoms with E-state index in [1.54, 1.807) is 11.8 Å². The number of nitrogens with one attached hydrogen (secondary N) is 1. The van der Waals surface area contributed by atoms with Crippen molar-refractivity contribution >= 4 is 23.4 Å². The summed E-state index contributed by atoms with van der Waals surface area (Å²) in [5, 5.41) is 8.96. The molecule has 1 fully saturated rings. The molecule has 1 saturated carbocycles. The fraction of sp³-hybridized carbons (Fsp3) is 0.438. The summed E-state index contributed by atoms with van der Waals surface area (Å²) < 4.78 is 1.96. The van der Waals surface area contributed by atoms with Crippen molar-refractivity contribution in [3.05, 3.63) is 35.9 Å². The molecule has 2 heterocycles. The molecule has 1 aromatic heterocycles. The van der Waals surface area contributed by atoms with E-state index in [0.29, 0.717) is 12.0 Å². The summed E-state index contributed by atoms with van der Waals surface area (Å²) in [6.07, 6.45) is 4.33. The van der Waals surface area contributed by atoms with E-state index in [2.05, 4.69) is 45.7 Å². The lowest BCUT2D eigenvalue weighted by molar-refractivity contribution is 0.490. The molecule has 0 saturated heterocycles. The molecule has 1 N–H and O–H groups in total. The van der Waals surface area contributed by atoms with Crippen LogP contribution in [0.4, 0.5) is 5.95 Å². The summed E-state index contributed by atoms with van der Waals surface area (Å²) in [6, 6.07) is 10.9. The van der Waals surface area contributed by atoms with Gasteiger partial charge in [-0.25, -0.2) is 9.67 Å². The van der Waals surface area contributed by atoms with Crippen molar-refractivity contribution in [2.75, 3.05) is 6.26 Å². The van der Waals surface area contributed by atoms with Crippen molar-refractivity contribution in [2.24, 2.45) is 10.9 Å². The molecule has 22 heavy (non-hydrogen) atoms. The molecule has 6 heteroatoms. The lowest BCUT2D eigenvalue weighted by Gasteiger charge is -2.20. The molecule has 1 aliphatic heterocycles. The minimum atomic E-state index is 0.369. The van der Waals surface area contributed by atoms with Crippen LogP contribution in [0.25, 0.3) is 0 Å². The fourth-order valence-corrected chi connectivity index (χ4v) is 3.63. The van der Waals surface area contributed by atoms with Gasteiger partial charge in [-0.05, 0) is 24.7 Å². The Morgan fingerprint density at radius 1 is 1.27 bits per heavy atom. The average molecular weight is 313 g/mol. The van der Waals surface area contributed by atoms with Crippen LogP contribution in [0.3, 0.4) is 0 Å². The molecule has 2 aliphatic rings. The SMILES string of the molecule is CSc1nc2n(n1)CC1CCC(NCc3ccccc3)C1=N2. The zero-order valence-corrected chi connectivity index (χ0v) is 13.4. The number of fused-ring (bicyclic) bond motifs is 2. The summed E-state index contributed by atoms with van der Waals surface area (Å²) in [5.74, 6) is 1.28. The number of rotatable bonds is 4. The Kier molecular flexibility index (Phi) is 3.72. The van der Waals surface area contributed by atoms with E-state index >= 15 is 0 Å². The molecular weight excluding hydrogens is 294 g/mol. The van der Waals surface area contributed by atoms with Gasteiger partial charge in [-0.15, -0.1) is 5.10 Å². The van der Waals surface area contributed by atoms with Crippen molar-refractivity contribution in [3.63, 3.8) is 0 Å². The van der Waals surface area contributed by atoms with Gasteiger partial charge in [0.05, 0.1) is 6.54 Å². The average Bonchev–Trinajstić information content (AvgIpc) is 3.14. The third-order valence-corrected chi connectivity index (χ3v) is 4.95. The van der Waals surface area contributed by atoms with Crippen molar-refractivity contribution in [1.82, 2.24) is 20.1 Å². The fourth-order valence-electron chi connectivity index (χ4n) is 3.28. The van der Waals surface area contributed by atoms with Gasteiger partial charge in [-0.3, -0.25) is 0 Å². The van der Waals surface area contributed by atoms with Crippen LogP contribution in [0.1, 0.15) is 18.4 Å². The topological polar surface area (TPSA) is 55.1 Å². The van der Waals surface area contributed by atoms with Gasteiger partial charge in [0.15, 0.2) is 0 Å². The van der Waals surface area contributed by atoms with Crippen molar-refractivity contribution in [1.29, 1.82) is 0 Å². The van der Waals surface area contributed by atoms with Gasteiger partial charge in [-0.2, -0.15) is 4.98 Å². The van der Waals surface area contributed by atoms with Crippen LogP contribution in [0, 0.1) is 5.92 Å². The van der Waals surface area contributed by atoms with E-state index in [1.165, 1.54) is 17.7 Å². The van der Waals surface area contributed by atoms with Crippen LogP contribution in [0.15, 0.2) is 40.5 Å². The summed E-state index contributed by atoms with van der Waals surface area (Å²) in [4.78, 5) is 9.28. The van der Waals surface area contributed by atoms with Crippen LogP contribution in [-0.4, -0.2) is 32.8 Å². The van der Waals surface area contributed by atoms with Gasteiger partial charge in [0.25, 0.3) is 0 Å². The Morgan fingerprint density at radius 3 is 2.95 bits per heavy atom. The van der Waals surface area contributed by atoms with Crippen LogP contribution in [0.5, 0.6) is 0 Å². The molecule has 5 nitrogen and oxygen atoms in total. The number of aromatic nitrogens is 3. The highest BCUT2D eigenvalue weighted by Gasteiger charge is 2.35. The van der Waals surface area contributed by atoms with Crippen molar-refractivity contribution < 1.29 is 0 Å². The molecule has 4 rings (SSSR count). The standard InChI is InChI=1S/C16H19N5S/c1-22-16-19-15-18-14-12(10-21(15)20-16)7-8-13(14)17-9-11-5-3-2-4-6-11/h2-6,12-13,17H,7-10H2,1H3. The normalized spacial score (nSPS) is 23.0. The van der Waals surface area contributed by atoms with E-state index in [4.69, 9.17) is 4.99 Å². The minimum Gasteiger partial charge on any atom is -0.305 e. The molecule has 0 amide bonds. The maximum absolute atomic E-state index is 4.80. The summed E-state index contributed by atoms with van der Waals surface area (Å²) in [7, 11) is 0. The number of aliphatic imine (C=N–C) groups is 1. The van der Waals surface area contributed by atoms with E-state index in [0.717, 1.165) is 30.6 Å². The molecular formula is C16H19N5S. The van der Waals surface area contributed by atoms with E-state index < -0.39 is 0 Å². The Balaban J connectivity index is 1.51. The van der Waals surface area contributed by atoms with Crippen LogP contribution >= 0.6 is 11.8 Å². The molecule has 2 atom stereocenters. The molecule has 2 aromatic rings. The summed E-state index contributed by atoms with van der Waals surface area (Å²) in [6.45, 7) is 1.81. The van der Waals surface area contributed by atoms with Gasteiger partial charge in [0.2, 0.25) is 11.1 Å². The van der Waals surface area contributed by atoms with Crippen LogP contribution < -0.4 is 5.32 Å². The predicted molar refractivity (Wildman–Crippen MR) is 88.7 cm³/mol. The lowest BCUT2D eigenvalue weighted by Crippen LogP contribution is -2.36. The second-order valence-electron chi connectivity index (χ2n) is 5.81. The Morgan fingerprint density at radius 2 is 2.14 bits per heavy atom. The predicted octanol–water partition coefficient (Wildman–Crippen LogP) is 2.65. The smallest absolute Gasteiger partial charge is 0.248 e. The summed E-state index contributed by atoms with van der Waals surface area (Å²) >= 11 is 1.57. The Labute approximate surface area is 134 Å². The molecule has 114 valence electrons. The van der Waals surface area contributed by atoms with Gasteiger partial charge in [-0.1, -0.05) is 42.1 Å². The number of nitrogens with zero attached hydrogens (tertiary/aromatic N) is 4. The second kappa shape index (κ2) is 5.85. The first-order chi connectivity index (χ1) is 10.8. The Hall–Kier alpha value is -1.66. The molecule has 0 radical (unpaired) electrons. The number of hydrogen-bond donors (Lipinski definition) is 1. The third-order valence-electron chi connectivity index (χ3n) is 4.41. The Bertz CT molecular complexity index is 694. The highest BCUT2D eigenvalue weighted by Crippen LogP contribution is 2.32. The minimum absolute atomic E-state index is 0.369. The van der Waals surface area contributed by atoms with E-state index in [9.17, 15) is 0 Å². The maximum Gasteiger partial charge on any atom is 0.248 e. The first kappa shape index (κ1) is 14.0. The van der Waals surface area contributed by atoms with Crippen molar-refractivity contribution in [2.45, 2.75) is 37.1 Å². The van der Waals surface area contributed by atoms with E-state index in [1.807, 2.05) is 10.9 Å². The molecule has 1 aliphatic carbocycles. The number of hydrogen-bond acceptors (Lipinski definition) is 5. The molecule has 0 spiro atoms. The van der Waals surface area contributed by atoms with E-state index in [-0.39, 0.29) is 0 Å². The van der Waals surface area contributed by atoms with Crippen LogP contribution in [-0.2, 0) is 13.1 Å². The molecule has 0 bridgehead atoms. The highest BCUT2D eigenvalue weighted by molar-refractivity contribution is 7.98. The zero-order chi connectivity index (χ0) is 14.9. The van der Waals surface area contributed by atoms with Gasteiger partial charge >= 0.3 is 0 Å².